The van der Waals surface area contributed by atoms with E-state index < -0.39 is 0 Å². The lowest BCUT2D eigenvalue weighted by Crippen LogP contribution is -2.45. The van der Waals surface area contributed by atoms with Gasteiger partial charge in [0.05, 0.1) is 19.8 Å². The summed E-state index contributed by atoms with van der Waals surface area (Å²) in [5.74, 6) is 0.141. The number of methoxy groups -OCH3 is 1. The van der Waals surface area contributed by atoms with Gasteiger partial charge in [-0.2, -0.15) is 0 Å². The summed E-state index contributed by atoms with van der Waals surface area (Å²) in [7, 11) is 1.35. The van der Waals surface area contributed by atoms with Crippen molar-refractivity contribution in [3.05, 3.63) is 24.2 Å². The molecule has 1 aliphatic rings. The van der Waals surface area contributed by atoms with E-state index in [1.807, 2.05) is 13.8 Å². The molecule has 2 heterocycles. The highest BCUT2D eigenvalue weighted by Crippen LogP contribution is 2.22. The summed E-state index contributed by atoms with van der Waals surface area (Å²) < 4.78 is 9.84. The van der Waals surface area contributed by atoms with Crippen LogP contribution in [0.15, 0.2) is 22.8 Å². The largest absolute Gasteiger partial charge is 0.469 e. The molecule has 0 aliphatic carbocycles. The minimum absolute atomic E-state index is 0.0627. The molecule has 144 valence electrons. The summed E-state index contributed by atoms with van der Waals surface area (Å²) in [5, 5.41) is 0. The Labute approximate surface area is 154 Å². The van der Waals surface area contributed by atoms with Crippen molar-refractivity contribution in [2.24, 2.45) is 11.8 Å². The number of nitrogens with zero attached hydrogens (tertiary/aromatic N) is 2. The van der Waals surface area contributed by atoms with Crippen LogP contribution in [0.25, 0.3) is 0 Å². The molecule has 0 N–H and O–H groups in total. The second-order valence-corrected chi connectivity index (χ2v) is 7.05. The van der Waals surface area contributed by atoms with Crippen molar-refractivity contribution in [3.8, 4) is 0 Å². The van der Waals surface area contributed by atoms with Gasteiger partial charge in [0.25, 0.3) is 5.91 Å². The summed E-state index contributed by atoms with van der Waals surface area (Å²) in [6.45, 7) is 6.13. The average Bonchev–Trinajstić information content (AvgIpc) is 3.18. The Hall–Kier alpha value is -2.31. The topological polar surface area (TPSA) is 80.1 Å². The molecular formula is C19H28N2O5. The van der Waals surface area contributed by atoms with Crippen LogP contribution in [0.2, 0.25) is 0 Å². The lowest BCUT2D eigenvalue weighted by atomic mass is 9.94. The fourth-order valence-electron chi connectivity index (χ4n) is 3.20. The maximum atomic E-state index is 12.9. The van der Waals surface area contributed by atoms with E-state index in [9.17, 15) is 14.4 Å². The molecule has 0 radical (unpaired) electrons. The predicted molar refractivity (Wildman–Crippen MR) is 95.4 cm³/mol. The Kier molecular flexibility index (Phi) is 7.24. The van der Waals surface area contributed by atoms with E-state index in [4.69, 9.17) is 4.42 Å². The molecule has 7 heteroatoms. The zero-order valence-electron chi connectivity index (χ0n) is 15.8. The Morgan fingerprint density at radius 1 is 1.31 bits per heavy atom. The van der Waals surface area contributed by atoms with Crippen LogP contribution in [0, 0.1) is 11.8 Å². The van der Waals surface area contributed by atoms with Gasteiger partial charge in [-0.05, 0) is 30.9 Å². The van der Waals surface area contributed by atoms with Gasteiger partial charge in [0, 0.05) is 32.1 Å². The number of piperidine rings is 1. The lowest BCUT2D eigenvalue weighted by molar-refractivity contribution is -0.143. The highest BCUT2D eigenvalue weighted by molar-refractivity contribution is 5.91. The second kappa shape index (κ2) is 9.40. The van der Waals surface area contributed by atoms with Gasteiger partial charge >= 0.3 is 5.97 Å². The molecule has 0 bridgehead atoms. The molecule has 7 nitrogen and oxygen atoms in total. The number of rotatable bonds is 7. The first-order valence-corrected chi connectivity index (χ1v) is 9.10. The summed E-state index contributed by atoms with van der Waals surface area (Å²) >= 11 is 0. The summed E-state index contributed by atoms with van der Waals surface area (Å²) in [5.41, 5.74) is 0. The number of amides is 2. The van der Waals surface area contributed by atoms with Crippen LogP contribution in [0.4, 0.5) is 0 Å². The fourth-order valence-corrected chi connectivity index (χ4v) is 3.20. The van der Waals surface area contributed by atoms with Gasteiger partial charge < -0.3 is 19.0 Å². The Morgan fingerprint density at radius 3 is 2.54 bits per heavy atom. The van der Waals surface area contributed by atoms with E-state index in [2.05, 4.69) is 4.74 Å². The van der Waals surface area contributed by atoms with Crippen LogP contribution >= 0.6 is 0 Å². The van der Waals surface area contributed by atoms with Gasteiger partial charge in [0.2, 0.25) is 5.91 Å². The summed E-state index contributed by atoms with van der Waals surface area (Å²) in [6, 6.07) is 3.34. The first-order valence-electron chi connectivity index (χ1n) is 9.10. The van der Waals surface area contributed by atoms with E-state index in [1.54, 1.807) is 21.9 Å². The maximum Gasteiger partial charge on any atom is 0.307 e. The van der Waals surface area contributed by atoms with Crippen molar-refractivity contribution in [1.82, 2.24) is 9.80 Å². The smallest absolute Gasteiger partial charge is 0.307 e. The van der Waals surface area contributed by atoms with Crippen molar-refractivity contribution < 1.29 is 23.5 Å². The van der Waals surface area contributed by atoms with E-state index in [1.165, 1.54) is 13.4 Å². The molecule has 0 aromatic carbocycles. The molecule has 1 fully saturated rings. The second-order valence-electron chi connectivity index (χ2n) is 7.05. The van der Waals surface area contributed by atoms with Gasteiger partial charge in [-0.15, -0.1) is 0 Å². The molecule has 0 unspecified atom stereocenters. The molecule has 1 aromatic rings. The molecule has 1 aliphatic heterocycles. The monoisotopic (exact) mass is 364 g/mol. The first-order chi connectivity index (χ1) is 12.4. The standard InChI is InChI=1S/C19H28N2O5/c1-14(2)13-21(11-8-17(22)25-3)18(23)15-6-9-20(10-7-15)19(24)16-5-4-12-26-16/h4-5,12,14-15H,6-11,13H2,1-3H3. The number of hydrogen-bond acceptors (Lipinski definition) is 5. The van der Waals surface area contributed by atoms with Crippen LogP contribution < -0.4 is 0 Å². The fraction of sp³-hybridized carbons (Fsp3) is 0.632. The molecule has 1 aromatic heterocycles. The third kappa shape index (κ3) is 5.34. The predicted octanol–water partition coefficient (Wildman–Crippen LogP) is 2.18. The molecule has 2 rings (SSSR count). The van der Waals surface area contributed by atoms with E-state index in [0.717, 1.165) is 0 Å². The van der Waals surface area contributed by atoms with Gasteiger partial charge in [0.1, 0.15) is 0 Å². The number of likely N-dealkylation sites (tertiary alicyclic amines) is 1. The molecule has 2 amide bonds. The van der Waals surface area contributed by atoms with Gasteiger partial charge in [-0.25, -0.2) is 0 Å². The van der Waals surface area contributed by atoms with E-state index >= 15 is 0 Å². The van der Waals surface area contributed by atoms with Crippen molar-refractivity contribution in [3.63, 3.8) is 0 Å². The highest BCUT2D eigenvalue weighted by atomic mass is 16.5. The molecule has 1 saturated heterocycles. The molecule has 0 saturated carbocycles. The maximum absolute atomic E-state index is 12.9. The molecular weight excluding hydrogens is 336 g/mol. The number of furan rings is 1. The number of hydrogen-bond donors (Lipinski definition) is 0. The zero-order valence-corrected chi connectivity index (χ0v) is 15.8. The SMILES string of the molecule is COC(=O)CCN(CC(C)C)C(=O)C1CCN(C(=O)c2ccco2)CC1. The summed E-state index contributed by atoms with van der Waals surface area (Å²) in [4.78, 5) is 40.1. The molecule has 0 spiro atoms. The Bertz CT molecular complexity index is 603. The quantitative estimate of drug-likeness (QED) is 0.693. The first kappa shape index (κ1) is 20.0. The number of esters is 1. The molecule has 0 atom stereocenters. The van der Waals surface area contributed by atoms with Crippen molar-refractivity contribution in [1.29, 1.82) is 0 Å². The third-order valence-corrected chi connectivity index (χ3v) is 4.57. The normalized spacial score (nSPS) is 15.2. The number of carbonyl (C=O) groups excluding carboxylic acids is 3. The minimum Gasteiger partial charge on any atom is -0.469 e. The van der Waals surface area contributed by atoms with Crippen LogP contribution in [-0.2, 0) is 14.3 Å². The van der Waals surface area contributed by atoms with Crippen LogP contribution in [0.3, 0.4) is 0 Å². The molecule has 26 heavy (non-hydrogen) atoms. The summed E-state index contributed by atoms with van der Waals surface area (Å²) in [6.07, 6.45) is 2.93. The zero-order chi connectivity index (χ0) is 19.1. The third-order valence-electron chi connectivity index (χ3n) is 4.57. The average molecular weight is 364 g/mol. The van der Waals surface area contributed by atoms with Crippen LogP contribution in [0.1, 0.15) is 43.7 Å². The minimum atomic E-state index is -0.314. The Balaban J connectivity index is 1.91. The van der Waals surface area contributed by atoms with Crippen LogP contribution in [-0.4, -0.2) is 60.9 Å². The van der Waals surface area contributed by atoms with E-state index in [-0.39, 0.29) is 30.1 Å². The van der Waals surface area contributed by atoms with Crippen molar-refractivity contribution in [2.45, 2.75) is 33.1 Å². The Morgan fingerprint density at radius 2 is 2.00 bits per heavy atom. The van der Waals surface area contributed by atoms with Crippen LogP contribution in [0.5, 0.6) is 0 Å². The lowest BCUT2D eigenvalue weighted by Gasteiger charge is -2.34. The number of ether oxygens (including phenoxy) is 1. The number of carbonyl (C=O) groups is 3. The highest BCUT2D eigenvalue weighted by Gasteiger charge is 2.31. The van der Waals surface area contributed by atoms with Crippen molar-refractivity contribution >= 4 is 17.8 Å². The van der Waals surface area contributed by atoms with E-state index in [0.29, 0.717) is 50.7 Å². The van der Waals surface area contributed by atoms with Gasteiger partial charge in [-0.1, -0.05) is 13.8 Å². The van der Waals surface area contributed by atoms with Gasteiger partial charge in [-0.3, -0.25) is 14.4 Å². The van der Waals surface area contributed by atoms with Gasteiger partial charge in [0.15, 0.2) is 5.76 Å². The van der Waals surface area contributed by atoms with Crippen molar-refractivity contribution in [2.75, 3.05) is 33.3 Å².